The maximum absolute atomic E-state index is 11.8. The Morgan fingerprint density at radius 2 is 2.43 bits per heavy atom. The van der Waals surface area contributed by atoms with Crippen molar-refractivity contribution in [2.24, 2.45) is 5.92 Å². The first-order valence-electron chi connectivity index (χ1n) is 7.91. The molecule has 1 aliphatic heterocycles. The summed E-state index contributed by atoms with van der Waals surface area (Å²) in [6.07, 6.45) is 3.51. The van der Waals surface area contributed by atoms with Gasteiger partial charge < -0.3 is 15.5 Å². The summed E-state index contributed by atoms with van der Waals surface area (Å²) in [7, 11) is 0. The summed E-state index contributed by atoms with van der Waals surface area (Å²) < 4.78 is 0. The molecule has 1 aliphatic rings. The number of amides is 2. The van der Waals surface area contributed by atoms with Gasteiger partial charge >= 0.3 is 6.03 Å². The lowest BCUT2D eigenvalue weighted by Gasteiger charge is -2.30. The lowest BCUT2D eigenvalue weighted by Crippen LogP contribution is -2.45. The van der Waals surface area contributed by atoms with Gasteiger partial charge in [-0.25, -0.2) is 4.79 Å². The van der Waals surface area contributed by atoms with E-state index < -0.39 is 0 Å². The van der Waals surface area contributed by atoms with E-state index in [9.17, 15) is 4.79 Å². The summed E-state index contributed by atoms with van der Waals surface area (Å²) in [5, 5.41) is 10.2. The number of nitrogens with zero attached hydrogens (tertiary/aromatic N) is 1. The van der Waals surface area contributed by atoms with E-state index in [0.717, 1.165) is 32.0 Å². The highest BCUT2D eigenvalue weighted by atomic mass is 32.1. The minimum absolute atomic E-state index is 0.0530. The SMILES string of the molecule is C[C@@H]1CCCN(CCNC(=O)N[C@@H](C)Cc2ccsc2)C1. The highest BCUT2D eigenvalue weighted by Gasteiger charge is 2.16. The Morgan fingerprint density at radius 1 is 1.57 bits per heavy atom. The molecule has 118 valence electrons. The van der Waals surface area contributed by atoms with E-state index in [1.807, 2.05) is 6.92 Å². The van der Waals surface area contributed by atoms with Crippen molar-refractivity contribution in [3.05, 3.63) is 22.4 Å². The third kappa shape index (κ3) is 6.06. The lowest BCUT2D eigenvalue weighted by atomic mass is 10.0. The predicted octanol–water partition coefficient (Wildman–Crippen LogP) is 2.71. The molecule has 0 bridgehead atoms. The first kappa shape index (κ1) is 16.3. The quantitative estimate of drug-likeness (QED) is 0.848. The molecule has 1 aromatic rings. The van der Waals surface area contributed by atoms with Gasteiger partial charge in [0.15, 0.2) is 0 Å². The topological polar surface area (TPSA) is 44.4 Å². The summed E-state index contributed by atoms with van der Waals surface area (Å²) in [4.78, 5) is 14.3. The molecule has 2 atom stereocenters. The number of carbonyl (C=O) groups excluding carboxylic acids is 1. The van der Waals surface area contributed by atoms with Crippen molar-refractivity contribution >= 4 is 17.4 Å². The van der Waals surface area contributed by atoms with E-state index in [2.05, 4.69) is 39.3 Å². The number of piperidine rings is 1. The molecule has 5 heteroatoms. The van der Waals surface area contributed by atoms with Crippen molar-refractivity contribution in [3.8, 4) is 0 Å². The van der Waals surface area contributed by atoms with Crippen LogP contribution in [0.1, 0.15) is 32.3 Å². The van der Waals surface area contributed by atoms with Crippen LogP contribution >= 0.6 is 11.3 Å². The van der Waals surface area contributed by atoms with Crippen molar-refractivity contribution in [3.63, 3.8) is 0 Å². The molecule has 0 unspecified atom stereocenters. The molecular weight excluding hydrogens is 282 g/mol. The molecule has 0 spiro atoms. The van der Waals surface area contributed by atoms with Gasteiger partial charge in [-0.3, -0.25) is 0 Å². The molecule has 2 heterocycles. The second-order valence-electron chi connectivity index (χ2n) is 6.19. The van der Waals surface area contributed by atoms with E-state index in [1.54, 1.807) is 11.3 Å². The standard InChI is InChI=1S/C16H27N3OS/c1-13-4-3-7-19(11-13)8-6-17-16(20)18-14(2)10-15-5-9-21-12-15/h5,9,12-14H,3-4,6-8,10-11H2,1-2H3,(H2,17,18,20)/t13-,14+/m1/s1. The zero-order valence-electron chi connectivity index (χ0n) is 13.1. The second-order valence-corrected chi connectivity index (χ2v) is 6.97. The summed E-state index contributed by atoms with van der Waals surface area (Å²) >= 11 is 1.70. The van der Waals surface area contributed by atoms with Crippen LogP contribution in [0.25, 0.3) is 0 Å². The van der Waals surface area contributed by atoms with Crippen LogP contribution < -0.4 is 10.6 Å². The Hall–Kier alpha value is -1.07. The fourth-order valence-electron chi connectivity index (χ4n) is 2.91. The van der Waals surface area contributed by atoms with Crippen LogP contribution in [0.15, 0.2) is 16.8 Å². The minimum Gasteiger partial charge on any atom is -0.337 e. The highest BCUT2D eigenvalue weighted by molar-refractivity contribution is 7.07. The van der Waals surface area contributed by atoms with Crippen LogP contribution in [0, 0.1) is 5.92 Å². The smallest absolute Gasteiger partial charge is 0.315 e. The summed E-state index contributed by atoms with van der Waals surface area (Å²) in [5.41, 5.74) is 1.29. The molecule has 0 aliphatic carbocycles. The van der Waals surface area contributed by atoms with Gasteiger partial charge in [0, 0.05) is 25.7 Å². The van der Waals surface area contributed by atoms with Crippen LogP contribution in [-0.2, 0) is 6.42 Å². The molecule has 0 saturated carbocycles. The van der Waals surface area contributed by atoms with E-state index in [4.69, 9.17) is 0 Å². The summed E-state index contributed by atoms with van der Waals surface area (Å²) in [6, 6.07) is 2.22. The maximum Gasteiger partial charge on any atom is 0.315 e. The van der Waals surface area contributed by atoms with Crippen LogP contribution in [0.5, 0.6) is 0 Å². The van der Waals surface area contributed by atoms with Gasteiger partial charge in [-0.05, 0) is 61.0 Å². The van der Waals surface area contributed by atoms with E-state index in [-0.39, 0.29) is 12.1 Å². The number of likely N-dealkylation sites (tertiary alicyclic amines) is 1. The second kappa shape index (κ2) is 8.39. The molecule has 2 amide bonds. The lowest BCUT2D eigenvalue weighted by molar-refractivity contribution is 0.183. The van der Waals surface area contributed by atoms with Crippen molar-refractivity contribution in [2.45, 2.75) is 39.2 Å². The molecule has 2 N–H and O–H groups in total. The van der Waals surface area contributed by atoms with E-state index in [1.165, 1.54) is 24.9 Å². The van der Waals surface area contributed by atoms with E-state index >= 15 is 0 Å². The zero-order chi connectivity index (χ0) is 15.1. The molecule has 21 heavy (non-hydrogen) atoms. The predicted molar refractivity (Wildman–Crippen MR) is 88.9 cm³/mol. The van der Waals surface area contributed by atoms with Gasteiger partial charge in [0.1, 0.15) is 0 Å². The fraction of sp³-hybridized carbons (Fsp3) is 0.688. The third-order valence-corrected chi connectivity index (χ3v) is 4.69. The number of nitrogens with one attached hydrogen (secondary N) is 2. The minimum atomic E-state index is -0.0530. The van der Waals surface area contributed by atoms with Crippen molar-refractivity contribution < 1.29 is 4.79 Å². The third-order valence-electron chi connectivity index (χ3n) is 3.95. The molecule has 0 aromatic carbocycles. The normalized spacial score (nSPS) is 21.0. The Kier molecular flexibility index (Phi) is 6.51. The Balaban J connectivity index is 1.58. The van der Waals surface area contributed by atoms with Crippen LogP contribution in [-0.4, -0.2) is 43.2 Å². The van der Waals surface area contributed by atoms with E-state index in [0.29, 0.717) is 0 Å². The molecule has 2 rings (SSSR count). The Morgan fingerprint density at radius 3 is 3.14 bits per heavy atom. The molecule has 0 radical (unpaired) electrons. The molecule has 1 aromatic heterocycles. The number of thiophene rings is 1. The molecule has 1 fully saturated rings. The monoisotopic (exact) mass is 309 g/mol. The van der Waals surface area contributed by atoms with Crippen LogP contribution in [0.3, 0.4) is 0 Å². The fourth-order valence-corrected chi connectivity index (χ4v) is 3.59. The highest BCUT2D eigenvalue weighted by Crippen LogP contribution is 2.14. The van der Waals surface area contributed by atoms with Gasteiger partial charge in [0.05, 0.1) is 0 Å². The number of carbonyl (C=O) groups is 1. The van der Waals surface area contributed by atoms with Crippen LogP contribution in [0.2, 0.25) is 0 Å². The number of rotatable bonds is 6. The number of hydrogen-bond donors (Lipinski definition) is 2. The van der Waals surface area contributed by atoms with Crippen molar-refractivity contribution in [1.82, 2.24) is 15.5 Å². The first-order chi connectivity index (χ1) is 10.1. The van der Waals surface area contributed by atoms with Gasteiger partial charge in [-0.1, -0.05) is 6.92 Å². The number of hydrogen-bond acceptors (Lipinski definition) is 3. The van der Waals surface area contributed by atoms with Crippen LogP contribution in [0.4, 0.5) is 4.79 Å². The van der Waals surface area contributed by atoms with Gasteiger partial charge in [-0.2, -0.15) is 11.3 Å². The molecule has 4 nitrogen and oxygen atoms in total. The molecular formula is C16H27N3OS. The Bertz CT molecular complexity index is 421. The largest absolute Gasteiger partial charge is 0.337 e. The maximum atomic E-state index is 11.8. The Labute approximate surface area is 131 Å². The molecule has 1 saturated heterocycles. The van der Waals surface area contributed by atoms with Gasteiger partial charge in [0.2, 0.25) is 0 Å². The average Bonchev–Trinajstić information content (AvgIpc) is 2.91. The van der Waals surface area contributed by atoms with Gasteiger partial charge in [-0.15, -0.1) is 0 Å². The summed E-state index contributed by atoms with van der Waals surface area (Å²) in [5.74, 6) is 0.790. The zero-order valence-corrected chi connectivity index (χ0v) is 13.9. The number of urea groups is 1. The van der Waals surface area contributed by atoms with Gasteiger partial charge in [0.25, 0.3) is 0 Å². The first-order valence-corrected chi connectivity index (χ1v) is 8.85. The van der Waals surface area contributed by atoms with Crippen molar-refractivity contribution in [2.75, 3.05) is 26.2 Å². The van der Waals surface area contributed by atoms with Crippen molar-refractivity contribution in [1.29, 1.82) is 0 Å². The summed E-state index contributed by atoms with van der Waals surface area (Å²) in [6.45, 7) is 8.36. The average molecular weight is 309 g/mol.